The first kappa shape index (κ1) is 82.1. The summed E-state index contributed by atoms with van der Waals surface area (Å²) < 4.78 is 68.0. The van der Waals surface area contributed by atoms with Gasteiger partial charge in [-0.1, -0.05) is 279 Å². The zero-order valence-corrected chi connectivity index (χ0v) is 55.8. The fraction of sp³-hybridized carbons (Fsp3) is 0.938. The summed E-state index contributed by atoms with van der Waals surface area (Å²) in [5.74, 6) is -1.44. The second kappa shape index (κ2) is 58.7. The summed E-state index contributed by atoms with van der Waals surface area (Å²) in [5, 5.41) is 10.5. The molecule has 0 heterocycles. The molecule has 0 fully saturated rings. The normalized spacial score (nSPS) is 14.2. The van der Waals surface area contributed by atoms with Crippen LogP contribution in [-0.2, 0) is 65.4 Å². The molecule has 0 amide bonds. The van der Waals surface area contributed by atoms with Gasteiger partial charge >= 0.3 is 39.5 Å². The third-order valence-corrected chi connectivity index (χ3v) is 16.9. The van der Waals surface area contributed by atoms with Crippen molar-refractivity contribution >= 4 is 39.5 Å². The number of ether oxygens (including phenoxy) is 4. The molecule has 0 aromatic heterocycles. The van der Waals surface area contributed by atoms with E-state index in [2.05, 4.69) is 34.6 Å². The lowest BCUT2D eigenvalue weighted by Gasteiger charge is -2.21. The van der Waals surface area contributed by atoms with Crippen LogP contribution in [0.15, 0.2) is 0 Å². The van der Waals surface area contributed by atoms with Crippen molar-refractivity contribution in [2.45, 2.75) is 348 Å². The molecule has 0 saturated heterocycles. The first-order chi connectivity index (χ1) is 40.5. The van der Waals surface area contributed by atoms with E-state index in [1.54, 1.807) is 0 Å². The predicted molar refractivity (Wildman–Crippen MR) is 335 cm³/mol. The number of rotatable bonds is 65. The van der Waals surface area contributed by atoms with Crippen molar-refractivity contribution in [1.82, 2.24) is 0 Å². The summed E-state index contributed by atoms with van der Waals surface area (Å²) in [6, 6.07) is 0. The van der Waals surface area contributed by atoms with Gasteiger partial charge in [-0.05, 0) is 31.6 Å². The maximum atomic E-state index is 13.0. The van der Waals surface area contributed by atoms with Gasteiger partial charge in [-0.2, -0.15) is 0 Å². The summed E-state index contributed by atoms with van der Waals surface area (Å²) in [4.78, 5) is 72.2. The van der Waals surface area contributed by atoms with Crippen molar-refractivity contribution < 1.29 is 80.2 Å². The molecule has 0 aliphatic rings. The number of aliphatic hydroxyl groups is 1. The van der Waals surface area contributed by atoms with E-state index in [1.807, 2.05) is 0 Å². The number of phosphoric ester groups is 2. The molecule has 0 bridgehead atoms. The zero-order chi connectivity index (χ0) is 62.0. The lowest BCUT2D eigenvalue weighted by Crippen LogP contribution is -2.30. The lowest BCUT2D eigenvalue weighted by molar-refractivity contribution is -0.161. The van der Waals surface area contributed by atoms with Gasteiger partial charge in [-0.3, -0.25) is 37.3 Å². The Hall–Kier alpha value is -1.94. The van der Waals surface area contributed by atoms with Crippen LogP contribution >= 0.6 is 15.6 Å². The molecular formula is C65H126O17P2. The van der Waals surface area contributed by atoms with E-state index < -0.39 is 97.5 Å². The van der Waals surface area contributed by atoms with Crippen molar-refractivity contribution in [2.75, 3.05) is 39.6 Å². The van der Waals surface area contributed by atoms with Crippen LogP contribution < -0.4 is 0 Å². The van der Waals surface area contributed by atoms with Crippen molar-refractivity contribution in [1.29, 1.82) is 0 Å². The Bertz CT molecular complexity index is 1640. The van der Waals surface area contributed by atoms with Gasteiger partial charge in [0, 0.05) is 25.7 Å². The zero-order valence-electron chi connectivity index (χ0n) is 54.0. The van der Waals surface area contributed by atoms with Crippen molar-refractivity contribution in [3.63, 3.8) is 0 Å². The number of hydrogen-bond acceptors (Lipinski definition) is 15. The molecule has 84 heavy (non-hydrogen) atoms. The highest BCUT2D eigenvalue weighted by Crippen LogP contribution is 2.45. The van der Waals surface area contributed by atoms with E-state index in [4.69, 9.17) is 37.0 Å². The summed E-state index contributed by atoms with van der Waals surface area (Å²) in [6.07, 6.45) is 43.0. The molecule has 0 aliphatic heterocycles. The Labute approximate surface area is 511 Å². The average Bonchev–Trinajstić information content (AvgIpc) is 3.48. The number of hydrogen-bond donors (Lipinski definition) is 3. The average molecular weight is 1240 g/mol. The molecule has 0 spiro atoms. The fourth-order valence-corrected chi connectivity index (χ4v) is 11.3. The van der Waals surface area contributed by atoms with Crippen LogP contribution in [0, 0.1) is 5.92 Å². The van der Waals surface area contributed by atoms with E-state index in [9.17, 15) is 43.2 Å². The number of phosphoric acid groups is 2. The maximum absolute atomic E-state index is 13.0. The molecule has 0 aromatic carbocycles. The molecule has 0 aromatic rings. The maximum Gasteiger partial charge on any atom is 0.472 e. The van der Waals surface area contributed by atoms with Crippen molar-refractivity contribution in [3.8, 4) is 0 Å². The molecule has 19 heteroatoms. The molecule has 498 valence electrons. The standard InChI is InChI=1S/C65H126O17P2/c1-6-9-12-15-18-21-23-25-27-30-35-40-45-50-64(69)81-60(54-76-63(68)49-44-39-34-29-26-24-22-19-16-13-10-7-2)56-79-83(71,72)77-52-59(66)53-78-84(73,74)80-57-61(55-75-62(67)48-43-38-33-28-20-17-14-11-8-3)82-65(70)51-46-41-36-31-32-37-42-47-58(4)5/h58-61,66H,6-57H2,1-5H3,(H,71,72)(H,73,74)/t59-,60-,61-/m1/s1. The molecule has 0 radical (unpaired) electrons. The third-order valence-electron chi connectivity index (χ3n) is 15.0. The monoisotopic (exact) mass is 1240 g/mol. The number of carbonyl (C=O) groups excluding carboxylic acids is 4. The third kappa shape index (κ3) is 59.0. The smallest absolute Gasteiger partial charge is 0.462 e. The van der Waals surface area contributed by atoms with Crippen LogP contribution in [0.4, 0.5) is 0 Å². The Kier molecular flexibility index (Phi) is 57.4. The van der Waals surface area contributed by atoms with Crippen molar-refractivity contribution in [3.05, 3.63) is 0 Å². The van der Waals surface area contributed by atoms with Gasteiger partial charge in [0.25, 0.3) is 0 Å². The summed E-state index contributed by atoms with van der Waals surface area (Å²) in [6.45, 7) is 7.13. The van der Waals surface area contributed by atoms with Crippen LogP contribution in [-0.4, -0.2) is 96.7 Å². The van der Waals surface area contributed by atoms with Crippen LogP contribution in [0.3, 0.4) is 0 Å². The van der Waals surface area contributed by atoms with Crippen molar-refractivity contribution in [2.24, 2.45) is 5.92 Å². The molecule has 5 atom stereocenters. The van der Waals surface area contributed by atoms with Gasteiger partial charge in [0.1, 0.15) is 19.3 Å². The largest absolute Gasteiger partial charge is 0.472 e. The van der Waals surface area contributed by atoms with E-state index in [0.717, 1.165) is 89.9 Å². The Balaban J connectivity index is 5.23. The van der Waals surface area contributed by atoms with Gasteiger partial charge in [0.15, 0.2) is 12.2 Å². The number of esters is 4. The summed E-state index contributed by atoms with van der Waals surface area (Å²) in [7, 11) is -9.89. The minimum absolute atomic E-state index is 0.104. The first-order valence-corrected chi connectivity index (χ1v) is 37.1. The number of carbonyl (C=O) groups is 4. The van der Waals surface area contributed by atoms with Crippen LogP contribution in [0.2, 0.25) is 0 Å². The summed E-state index contributed by atoms with van der Waals surface area (Å²) in [5.41, 5.74) is 0. The molecule has 2 unspecified atom stereocenters. The van der Waals surface area contributed by atoms with Crippen LogP contribution in [0.5, 0.6) is 0 Å². The second-order valence-electron chi connectivity index (χ2n) is 24.0. The van der Waals surface area contributed by atoms with Gasteiger partial charge in [0.2, 0.25) is 0 Å². The topological polar surface area (TPSA) is 237 Å². The molecular weight excluding hydrogens is 1110 g/mol. The van der Waals surface area contributed by atoms with Crippen LogP contribution in [0.25, 0.3) is 0 Å². The predicted octanol–water partition coefficient (Wildman–Crippen LogP) is 18.2. The lowest BCUT2D eigenvalue weighted by atomic mass is 10.0. The highest BCUT2D eigenvalue weighted by molar-refractivity contribution is 7.47. The molecule has 0 rings (SSSR count). The van der Waals surface area contributed by atoms with Gasteiger partial charge in [0.05, 0.1) is 26.4 Å². The van der Waals surface area contributed by atoms with E-state index >= 15 is 0 Å². The highest BCUT2D eigenvalue weighted by atomic mass is 31.2. The SMILES string of the molecule is CCCCCCCCCCCCCCCC(=O)O[C@H](COC(=O)CCCCCCCCCCCCCC)COP(=O)(O)OC[C@@H](O)COP(=O)(O)OC[C@@H](COC(=O)CCCCCCCCCCC)OC(=O)CCCCCCCCCC(C)C. The van der Waals surface area contributed by atoms with E-state index in [-0.39, 0.29) is 25.7 Å². The molecule has 0 saturated carbocycles. The number of aliphatic hydroxyl groups excluding tert-OH is 1. The van der Waals surface area contributed by atoms with E-state index in [0.29, 0.717) is 31.6 Å². The minimum Gasteiger partial charge on any atom is -0.462 e. The minimum atomic E-state index is -4.94. The number of unbranched alkanes of at least 4 members (excludes halogenated alkanes) is 37. The molecule has 0 aliphatic carbocycles. The quantitative estimate of drug-likeness (QED) is 0.0222. The molecule has 3 N–H and O–H groups in total. The Morgan fingerprint density at radius 1 is 0.321 bits per heavy atom. The second-order valence-corrected chi connectivity index (χ2v) is 26.9. The first-order valence-electron chi connectivity index (χ1n) is 34.1. The fourth-order valence-electron chi connectivity index (χ4n) is 9.76. The Morgan fingerprint density at radius 2 is 0.548 bits per heavy atom. The van der Waals surface area contributed by atoms with Crippen LogP contribution in [0.1, 0.15) is 330 Å². The van der Waals surface area contributed by atoms with Gasteiger partial charge in [-0.25, -0.2) is 9.13 Å². The van der Waals surface area contributed by atoms with Gasteiger partial charge < -0.3 is 33.8 Å². The van der Waals surface area contributed by atoms with E-state index in [1.165, 1.54) is 154 Å². The molecule has 17 nitrogen and oxygen atoms in total. The Morgan fingerprint density at radius 3 is 0.810 bits per heavy atom. The summed E-state index contributed by atoms with van der Waals surface area (Å²) >= 11 is 0. The van der Waals surface area contributed by atoms with Gasteiger partial charge in [-0.15, -0.1) is 0 Å². The highest BCUT2D eigenvalue weighted by Gasteiger charge is 2.30.